The highest BCUT2D eigenvalue weighted by atomic mass is 31.1. The zero-order valence-corrected chi connectivity index (χ0v) is 16.6. The Kier molecular flexibility index (Phi) is 5.83. The van der Waals surface area contributed by atoms with Crippen molar-refractivity contribution in [3.63, 3.8) is 0 Å². The fourth-order valence-electron chi connectivity index (χ4n) is 2.97. The van der Waals surface area contributed by atoms with Gasteiger partial charge in [-0.2, -0.15) is 0 Å². The molecule has 0 amide bonds. The van der Waals surface area contributed by atoms with Gasteiger partial charge in [0.15, 0.2) is 0 Å². The lowest BCUT2D eigenvalue weighted by Crippen LogP contribution is -2.23. The summed E-state index contributed by atoms with van der Waals surface area (Å²) in [4.78, 5) is 4.39. The third-order valence-corrected chi connectivity index (χ3v) is 6.94. The van der Waals surface area contributed by atoms with Gasteiger partial charge < -0.3 is 5.11 Å². The predicted molar refractivity (Wildman–Crippen MR) is 108 cm³/mol. The van der Waals surface area contributed by atoms with Crippen molar-refractivity contribution in [1.29, 1.82) is 0 Å². The molecule has 0 aliphatic rings. The van der Waals surface area contributed by atoms with Gasteiger partial charge in [-0.1, -0.05) is 58.3 Å². The van der Waals surface area contributed by atoms with Crippen molar-refractivity contribution in [2.75, 3.05) is 7.05 Å². The van der Waals surface area contributed by atoms with E-state index >= 15 is 0 Å². The molecular weight excluding hydrogens is 313 g/mol. The molecule has 0 fully saturated rings. The van der Waals surface area contributed by atoms with E-state index in [0.717, 1.165) is 17.7 Å². The molecule has 24 heavy (non-hydrogen) atoms. The van der Waals surface area contributed by atoms with Crippen LogP contribution in [-0.4, -0.2) is 17.9 Å². The van der Waals surface area contributed by atoms with Crippen LogP contribution < -0.4 is 5.30 Å². The third kappa shape index (κ3) is 3.70. The minimum atomic E-state index is -0.0923. The van der Waals surface area contributed by atoms with Crippen molar-refractivity contribution in [2.45, 2.75) is 46.2 Å². The molecule has 2 rings (SSSR count). The molecule has 128 valence electrons. The van der Waals surface area contributed by atoms with Crippen LogP contribution in [0.4, 0.5) is 0 Å². The molecule has 1 N–H and O–H groups in total. The van der Waals surface area contributed by atoms with Gasteiger partial charge in [0.05, 0.1) is 0 Å². The van der Waals surface area contributed by atoms with Crippen LogP contribution in [0.3, 0.4) is 0 Å². The van der Waals surface area contributed by atoms with E-state index in [2.05, 4.69) is 63.9 Å². The van der Waals surface area contributed by atoms with E-state index in [1.165, 1.54) is 22.0 Å². The van der Waals surface area contributed by atoms with Gasteiger partial charge in [-0.3, -0.25) is 4.99 Å². The number of phenols is 1. The number of phenolic OH excluding ortho intramolecular Hbond substituents is 1. The summed E-state index contributed by atoms with van der Waals surface area (Å²) in [5.41, 5.74) is 5.81. The monoisotopic (exact) mass is 341 g/mol. The summed E-state index contributed by atoms with van der Waals surface area (Å²) in [5, 5.41) is 11.7. The zero-order valence-electron chi connectivity index (χ0n) is 15.6. The maximum absolute atomic E-state index is 10.5. The molecule has 0 aliphatic carbocycles. The quantitative estimate of drug-likeness (QED) is 0.597. The van der Waals surface area contributed by atoms with E-state index < -0.39 is 0 Å². The first-order valence-electron chi connectivity index (χ1n) is 8.44. The molecule has 2 aromatic rings. The van der Waals surface area contributed by atoms with Gasteiger partial charge in [0, 0.05) is 29.0 Å². The number of rotatable bonds is 5. The van der Waals surface area contributed by atoms with Crippen LogP contribution in [0.1, 0.15) is 49.4 Å². The Morgan fingerprint density at radius 2 is 1.92 bits per heavy atom. The van der Waals surface area contributed by atoms with E-state index in [-0.39, 0.29) is 5.16 Å². The van der Waals surface area contributed by atoms with E-state index in [9.17, 15) is 5.11 Å². The fraction of sp³-hybridized carbons (Fsp3) is 0.381. The highest BCUT2D eigenvalue weighted by molar-refractivity contribution is 7.49. The normalized spacial score (nSPS) is 15.0. The van der Waals surface area contributed by atoms with E-state index in [1.807, 2.05) is 19.2 Å². The summed E-state index contributed by atoms with van der Waals surface area (Å²) in [6.07, 6.45) is 0.971. The van der Waals surface area contributed by atoms with Crippen molar-refractivity contribution >= 4 is 19.6 Å². The maximum atomic E-state index is 10.5. The average molecular weight is 341 g/mol. The lowest BCUT2D eigenvalue weighted by Gasteiger charge is -2.32. The molecule has 2 unspecified atom stereocenters. The van der Waals surface area contributed by atoms with Crippen molar-refractivity contribution < 1.29 is 5.11 Å². The van der Waals surface area contributed by atoms with Crippen LogP contribution in [0, 0.1) is 13.8 Å². The number of aryl methyl sites for hydroxylation is 2. The minimum absolute atomic E-state index is 0.0923. The van der Waals surface area contributed by atoms with Crippen LogP contribution >= 0.6 is 8.58 Å². The summed E-state index contributed by atoms with van der Waals surface area (Å²) in [5.74, 6) is 0.397. The molecule has 0 saturated carbocycles. The molecular formula is C21H28NOP. The molecule has 3 heteroatoms. The number of aliphatic imine (C=N–C) groups is 1. The van der Waals surface area contributed by atoms with Gasteiger partial charge in [0.2, 0.25) is 0 Å². The molecule has 0 radical (unpaired) electrons. The Labute approximate surface area is 147 Å². The number of benzene rings is 2. The van der Waals surface area contributed by atoms with Crippen molar-refractivity contribution in [1.82, 2.24) is 0 Å². The Bertz CT molecular complexity index is 766. The number of nitrogens with zero attached hydrogens (tertiary/aromatic N) is 1. The summed E-state index contributed by atoms with van der Waals surface area (Å²) >= 11 is 0. The van der Waals surface area contributed by atoms with E-state index in [1.54, 1.807) is 0 Å². The zero-order chi connectivity index (χ0) is 17.9. The average Bonchev–Trinajstić information content (AvgIpc) is 2.58. The van der Waals surface area contributed by atoms with E-state index in [0.29, 0.717) is 14.3 Å². The van der Waals surface area contributed by atoms with Gasteiger partial charge in [-0.25, -0.2) is 0 Å². The summed E-state index contributed by atoms with van der Waals surface area (Å²) in [6.45, 7) is 10.8. The molecule has 0 bridgehead atoms. The van der Waals surface area contributed by atoms with Crippen LogP contribution in [0.5, 0.6) is 5.75 Å². The maximum Gasteiger partial charge on any atom is 0.119 e. The van der Waals surface area contributed by atoms with Crippen molar-refractivity contribution in [3.05, 3.63) is 58.7 Å². The molecule has 2 atom stereocenters. The van der Waals surface area contributed by atoms with Crippen LogP contribution in [-0.2, 0) is 5.16 Å². The fourth-order valence-corrected chi connectivity index (χ4v) is 4.71. The first-order valence-corrected chi connectivity index (χ1v) is 9.44. The Morgan fingerprint density at radius 3 is 2.54 bits per heavy atom. The molecule has 0 heterocycles. The molecule has 0 aliphatic heterocycles. The second kappa shape index (κ2) is 7.49. The van der Waals surface area contributed by atoms with Gasteiger partial charge in [0.25, 0.3) is 0 Å². The molecule has 0 saturated heterocycles. The Hall–Kier alpha value is -1.66. The highest BCUT2D eigenvalue weighted by Gasteiger charge is 2.29. The van der Waals surface area contributed by atoms with Crippen LogP contribution in [0.2, 0.25) is 0 Å². The highest BCUT2D eigenvalue weighted by Crippen LogP contribution is 2.48. The summed E-state index contributed by atoms with van der Waals surface area (Å²) < 4.78 is 0. The Balaban J connectivity index is 2.57. The second-order valence-corrected chi connectivity index (χ2v) is 8.49. The molecule has 2 nitrogen and oxygen atoms in total. The van der Waals surface area contributed by atoms with Gasteiger partial charge in [0.1, 0.15) is 5.75 Å². The molecule has 0 spiro atoms. The molecule has 2 aromatic carbocycles. The standard InChI is InChI=1S/C21H28NOP/c1-7-21(5,18-13-14(2)11-12-19(18)23)24-20-15(3)9-8-10-17(20)16(4)22-6/h8-13,23-24H,7H2,1-6H3. The minimum Gasteiger partial charge on any atom is -0.508 e. The lowest BCUT2D eigenvalue weighted by atomic mass is 9.95. The Morgan fingerprint density at radius 1 is 1.21 bits per heavy atom. The molecule has 0 aromatic heterocycles. The smallest absolute Gasteiger partial charge is 0.119 e. The second-order valence-electron chi connectivity index (χ2n) is 6.64. The summed E-state index contributed by atoms with van der Waals surface area (Å²) in [6, 6.07) is 12.3. The first-order chi connectivity index (χ1) is 11.3. The van der Waals surface area contributed by atoms with Crippen molar-refractivity contribution in [2.24, 2.45) is 4.99 Å². The van der Waals surface area contributed by atoms with Crippen LogP contribution in [0.15, 0.2) is 41.4 Å². The number of aromatic hydroxyl groups is 1. The van der Waals surface area contributed by atoms with Crippen molar-refractivity contribution in [3.8, 4) is 5.75 Å². The van der Waals surface area contributed by atoms with Crippen LogP contribution in [0.25, 0.3) is 0 Å². The number of hydrogen-bond donors (Lipinski definition) is 1. The topological polar surface area (TPSA) is 32.6 Å². The summed E-state index contributed by atoms with van der Waals surface area (Å²) in [7, 11) is 2.41. The van der Waals surface area contributed by atoms with Gasteiger partial charge in [-0.05, 0) is 44.1 Å². The predicted octanol–water partition coefficient (Wildman–Crippen LogP) is 5.08. The number of hydrogen-bond acceptors (Lipinski definition) is 2. The first kappa shape index (κ1) is 18.7. The largest absolute Gasteiger partial charge is 0.508 e. The van der Waals surface area contributed by atoms with Gasteiger partial charge >= 0.3 is 0 Å². The van der Waals surface area contributed by atoms with Gasteiger partial charge in [-0.15, -0.1) is 0 Å². The lowest BCUT2D eigenvalue weighted by molar-refractivity contribution is 0.456. The third-order valence-electron chi connectivity index (χ3n) is 4.85. The SMILES string of the molecule is CCC(C)(Pc1c(C)cccc1C(C)=NC)c1cc(C)ccc1O. The van der Waals surface area contributed by atoms with E-state index in [4.69, 9.17) is 0 Å².